The number of anilines is 1. The number of aromatic nitrogens is 1. The topological polar surface area (TPSA) is 100 Å². The van der Waals surface area contributed by atoms with Crippen LogP contribution < -0.4 is 5.73 Å². The van der Waals surface area contributed by atoms with Crippen LogP contribution in [0.25, 0.3) is 21.5 Å². The number of fused-ring (bicyclic) bond motifs is 2. The largest absolute Gasteiger partial charge is 0.397 e. The summed E-state index contributed by atoms with van der Waals surface area (Å²) in [6.45, 7) is 0.0772. The van der Waals surface area contributed by atoms with E-state index in [9.17, 15) is 14.9 Å². The average molecular weight is 410 g/mol. The molecule has 1 aliphatic rings. The van der Waals surface area contributed by atoms with Crippen molar-refractivity contribution in [1.82, 2.24) is 9.88 Å². The summed E-state index contributed by atoms with van der Waals surface area (Å²) in [4.78, 5) is 32.0. The molecule has 0 spiro atoms. The number of carbonyl (C=O) groups is 2. The fourth-order valence-electron chi connectivity index (χ4n) is 3.75. The molecule has 1 aliphatic heterocycles. The maximum absolute atomic E-state index is 12.7. The summed E-state index contributed by atoms with van der Waals surface area (Å²) < 4.78 is 0. The fourth-order valence-corrected chi connectivity index (χ4v) is 4.70. The van der Waals surface area contributed by atoms with E-state index in [1.165, 1.54) is 16.2 Å². The van der Waals surface area contributed by atoms with Gasteiger partial charge in [0, 0.05) is 10.9 Å². The third kappa shape index (κ3) is 2.59. The Bertz CT molecular complexity index is 1350. The Morgan fingerprint density at radius 3 is 2.27 bits per heavy atom. The summed E-state index contributed by atoms with van der Waals surface area (Å²) in [6.07, 6.45) is 0. The Kier molecular flexibility index (Phi) is 4.09. The van der Waals surface area contributed by atoms with E-state index in [0.29, 0.717) is 38.3 Å². The van der Waals surface area contributed by atoms with Gasteiger partial charge in [-0.15, -0.1) is 11.3 Å². The monoisotopic (exact) mass is 410 g/mol. The van der Waals surface area contributed by atoms with Gasteiger partial charge in [0.1, 0.15) is 16.5 Å². The van der Waals surface area contributed by atoms with Gasteiger partial charge in [-0.2, -0.15) is 5.26 Å². The molecular weight excluding hydrogens is 396 g/mol. The van der Waals surface area contributed by atoms with Crippen molar-refractivity contribution in [3.05, 3.63) is 82.2 Å². The highest BCUT2D eigenvalue weighted by molar-refractivity contribution is 7.17. The Morgan fingerprint density at radius 1 is 1.00 bits per heavy atom. The van der Waals surface area contributed by atoms with Crippen LogP contribution in [0.3, 0.4) is 0 Å². The van der Waals surface area contributed by atoms with Crippen LogP contribution in [0, 0.1) is 11.3 Å². The number of nitrogens with zero attached hydrogens (tertiary/aromatic N) is 3. The second-order valence-electron chi connectivity index (χ2n) is 6.91. The number of amides is 2. The van der Waals surface area contributed by atoms with E-state index in [2.05, 4.69) is 11.1 Å². The lowest BCUT2D eigenvalue weighted by atomic mass is 10.0. The van der Waals surface area contributed by atoms with Gasteiger partial charge in [-0.25, -0.2) is 4.98 Å². The highest BCUT2D eigenvalue weighted by atomic mass is 32.1. The molecule has 2 aromatic heterocycles. The number of hydrogen-bond donors (Lipinski definition) is 1. The van der Waals surface area contributed by atoms with Gasteiger partial charge >= 0.3 is 0 Å². The Morgan fingerprint density at radius 2 is 1.63 bits per heavy atom. The van der Waals surface area contributed by atoms with Crippen molar-refractivity contribution in [2.24, 2.45) is 0 Å². The minimum Gasteiger partial charge on any atom is -0.397 e. The standard InChI is InChI=1S/C23H14N4O2S/c24-10-17-19(25)18-14(11-27-22(28)15-8-4-5-9-16(15)23(27)29)12-30-21(18)26-20(17)13-6-2-1-3-7-13/h1-9,12H,11H2,(H2,25,26). The summed E-state index contributed by atoms with van der Waals surface area (Å²) in [5.74, 6) is -0.661. The molecular formula is C23H14N4O2S. The quantitative estimate of drug-likeness (QED) is 0.510. The van der Waals surface area contributed by atoms with Crippen molar-refractivity contribution in [2.45, 2.75) is 6.54 Å². The number of nitriles is 1. The summed E-state index contributed by atoms with van der Waals surface area (Å²) >= 11 is 1.38. The lowest BCUT2D eigenvalue weighted by molar-refractivity contribution is 0.0643. The van der Waals surface area contributed by atoms with Gasteiger partial charge in [-0.05, 0) is 23.1 Å². The number of nitrogens with two attached hydrogens (primary N) is 1. The van der Waals surface area contributed by atoms with Crippen LogP contribution in [0.1, 0.15) is 31.8 Å². The number of benzene rings is 2. The van der Waals surface area contributed by atoms with Crippen molar-refractivity contribution in [3.63, 3.8) is 0 Å². The number of rotatable bonds is 3. The van der Waals surface area contributed by atoms with Crippen LogP contribution in [-0.4, -0.2) is 21.7 Å². The van der Waals surface area contributed by atoms with E-state index in [-0.39, 0.29) is 23.9 Å². The first kappa shape index (κ1) is 18.0. The zero-order valence-corrected chi connectivity index (χ0v) is 16.4. The number of thiophene rings is 1. The molecule has 0 saturated carbocycles. The Balaban J connectivity index is 1.60. The van der Waals surface area contributed by atoms with E-state index in [1.54, 1.807) is 24.3 Å². The summed E-state index contributed by atoms with van der Waals surface area (Å²) in [7, 11) is 0. The predicted octanol–water partition coefficient (Wildman–Crippen LogP) is 4.21. The van der Waals surface area contributed by atoms with Gasteiger partial charge in [0.25, 0.3) is 11.8 Å². The number of carbonyl (C=O) groups excluding carboxylic acids is 2. The van der Waals surface area contributed by atoms with Crippen LogP contribution in [0.4, 0.5) is 5.69 Å². The molecule has 0 radical (unpaired) electrons. The molecule has 5 rings (SSSR count). The SMILES string of the molecule is N#Cc1c(-c2ccccc2)nc2scc(CN3C(=O)c4ccccc4C3=O)c2c1N. The normalized spacial score (nSPS) is 13.0. The first-order chi connectivity index (χ1) is 14.6. The number of imide groups is 1. The van der Waals surface area contributed by atoms with Gasteiger partial charge in [-0.1, -0.05) is 42.5 Å². The van der Waals surface area contributed by atoms with Crippen LogP contribution in [0.15, 0.2) is 60.0 Å². The van der Waals surface area contributed by atoms with E-state index in [4.69, 9.17) is 5.73 Å². The van der Waals surface area contributed by atoms with Crippen molar-refractivity contribution in [1.29, 1.82) is 5.26 Å². The first-order valence-electron chi connectivity index (χ1n) is 9.20. The van der Waals surface area contributed by atoms with Crippen LogP contribution in [0.2, 0.25) is 0 Å². The number of pyridine rings is 1. The Labute approximate surface area is 175 Å². The lowest BCUT2D eigenvalue weighted by Gasteiger charge is -2.14. The molecule has 7 heteroatoms. The minimum absolute atomic E-state index is 0.0772. The molecule has 6 nitrogen and oxygen atoms in total. The van der Waals surface area contributed by atoms with Gasteiger partial charge < -0.3 is 5.73 Å². The Hall–Kier alpha value is -4.02. The van der Waals surface area contributed by atoms with E-state index in [1.807, 2.05) is 35.7 Å². The van der Waals surface area contributed by atoms with Crippen molar-refractivity contribution >= 4 is 39.1 Å². The van der Waals surface area contributed by atoms with Gasteiger partial charge in [0.15, 0.2) is 0 Å². The molecule has 2 N–H and O–H groups in total. The predicted molar refractivity (Wildman–Crippen MR) is 115 cm³/mol. The smallest absolute Gasteiger partial charge is 0.261 e. The highest BCUT2D eigenvalue weighted by Crippen LogP contribution is 2.37. The second-order valence-corrected chi connectivity index (χ2v) is 7.77. The molecule has 0 atom stereocenters. The molecule has 0 bridgehead atoms. The molecule has 4 aromatic rings. The van der Waals surface area contributed by atoms with Crippen molar-refractivity contribution in [2.75, 3.05) is 5.73 Å². The van der Waals surface area contributed by atoms with E-state index >= 15 is 0 Å². The van der Waals surface area contributed by atoms with Crippen molar-refractivity contribution in [3.8, 4) is 17.3 Å². The molecule has 3 heterocycles. The summed E-state index contributed by atoms with van der Waals surface area (Å²) in [6, 6.07) is 18.3. The summed E-state index contributed by atoms with van der Waals surface area (Å²) in [5.41, 5.74) is 9.83. The summed E-state index contributed by atoms with van der Waals surface area (Å²) in [5, 5.41) is 12.2. The lowest BCUT2D eigenvalue weighted by Crippen LogP contribution is -2.29. The second kappa shape index (κ2) is 6.79. The molecule has 0 aliphatic carbocycles. The molecule has 0 fully saturated rings. The zero-order chi connectivity index (χ0) is 20.8. The first-order valence-corrected chi connectivity index (χ1v) is 10.1. The minimum atomic E-state index is -0.331. The molecule has 2 aromatic carbocycles. The van der Waals surface area contributed by atoms with Crippen LogP contribution in [0.5, 0.6) is 0 Å². The van der Waals surface area contributed by atoms with Gasteiger partial charge in [0.05, 0.1) is 29.1 Å². The number of nitrogen functional groups attached to an aromatic ring is 1. The molecule has 2 amide bonds. The van der Waals surface area contributed by atoms with E-state index in [0.717, 1.165) is 5.56 Å². The van der Waals surface area contributed by atoms with Crippen LogP contribution in [-0.2, 0) is 6.54 Å². The molecule has 30 heavy (non-hydrogen) atoms. The average Bonchev–Trinajstić information content (AvgIpc) is 3.29. The maximum Gasteiger partial charge on any atom is 0.261 e. The highest BCUT2D eigenvalue weighted by Gasteiger charge is 2.35. The van der Waals surface area contributed by atoms with E-state index < -0.39 is 0 Å². The zero-order valence-electron chi connectivity index (χ0n) is 15.6. The number of hydrogen-bond acceptors (Lipinski definition) is 6. The van der Waals surface area contributed by atoms with Crippen molar-refractivity contribution < 1.29 is 9.59 Å². The molecule has 0 unspecified atom stereocenters. The molecule has 144 valence electrons. The third-order valence-electron chi connectivity index (χ3n) is 5.20. The van der Waals surface area contributed by atoms with Gasteiger partial charge in [-0.3, -0.25) is 14.5 Å². The van der Waals surface area contributed by atoms with Gasteiger partial charge in [0.2, 0.25) is 0 Å². The maximum atomic E-state index is 12.7. The van der Waals surface area contributed by atoms with Crippen LogP contribution >= 0.6 is 11.3 Å². The molecule has 0 saturated heterocycles. The fraction of sp³-hybridized carbons (Fsp3) is 0.0435. The third-order valence-corrected chi connectivity index (χ3v) is 6.12.